The SMILES string of the molecule is O=C(CC1C=CS(=O)(=O)C1)N1CCN(S(=O)(=O)c2ccc(F)c(F)c2)CC1. The highest BCUT2D eigenvalue weighted by Crippen LogP contribution is 2.22. The maximum absolute atomic E-state index is 13.3. The maximum atomic E-state index is 13.3. The molecule has 0 aliphatic carbocycles. The molecule has 11 heteroatoms. The Morgan fingerprint density at radius 1 is 1.11 bits per heavy atom. The molecule has 1 fully saturated rings. The molecule has 7 nitrogen and oxygen atoms in total. The summed E-state index contributed by atoms with van der Waals surface area (Å²) >= 11 is 0. The number of carbonyl (C=O) groups excluding carboxylic acids is 1. The van der Waals surface area contributed by atoms with Crippen LogP contribution in [0.5, 0.6) is 0 Å². The van der Waals surface area contributed by atoms with Crippen LogP contribution < -0.4 is 0 Å². The molecule has 27 heavy (non-hydrogen) atoms. The second-order valence-electron chi connectivity index (χ2n) is 6.48. The van der Waals surface area contributed by atoms with Gasteiger partial charge < -0.3 is 4.90 Å². The van der Waals surface area contributed by atoms with Gasteiger partial charge in [0.05, 0.1) is 10.6 Å². The van der Waals surface area contributed by atoms with Crippen molar-refractivity contribution in [3.05, 3.63) is 41.3 Å². The van der Waals surface area contributed by atoms with Crippen LogP contribution in [0.3, 0.4) is 0 Å². The Morgan fingerprint density at radius 2 is 1.78 bits per heavy atom. The zero-order valence-corrected chi connectivity index (χ0v) is 15.8. The van der Waals surface area contributed by atoms with E-state index in [2.05, 4.69) is 0 Å². The van der Waals surface area contributed by atoms with Crippen molar-refractivity contribution >= 4 is 25.8 Å². The molecule has 3 rings (SSSR count). The highest BCUT2D eigenvalue weighted by molar-refractivity contribution is 7.94. The normalized spacial score (nSPS) is 22.9. The zero-order valence-electron chi connectivity index (χ0n) is 14.2. The average molecular weight is 420 g/mol. The first-order valence-corrected chi connectivity index (χ1v) is 11.4. The molecule has 1 aromatic rings. The molecule has 0 N–H and O–H groups in total. The first-order chi connectivity index (χ1) is 12.6. The van der Waals surface area contributed by atoms with Crippen LogP contribution in [0.4, 0.5) is 8.78 Å². The average Bonchev–Trinajstić information content (AvgIpc) is 2.95. The molecule has 0 bridgehead atoms. The summed E-state index contributed by atoms with van der Waals surface area (Å²) in [5.41, 5.74) is 0. The van der Waals surface area contributed by atoms with E-state index in [1.165, 1.54) is 11.0 Å². The summed E-state index contributed by atoms with van der Waals surface area (Å²) in [6.45, 7) is 0.327. The molecule has 1 aromatic carbocycles. The number of rotatable bonds is 4. The van der Waals surface area contributed by atoms with Gasteiger partial charge in [0, 0.05) is 43.9 Å². The first kappa shape index (κ1) is 19.9. The molecule has 2 heterocycles. The lowest BCUT2D eigenvalue weighted by molar-refractivity contribution is -0.132. The fourth-order valence-corrected chi connectivity index (χ4v) is 5.92. The third kappa shape index (κ3) is 4.36. The minimum absolute atomic E-state index is 0.0197. The van der Waals surface area contributed by atoms with E-state index in [0.717, 1.165) is 21.8 Å². The number of piperazine rings is 1. The number of amides is 1. The lowest BCUT2D eigenvalue weighted by Gasteiger charge is -2.34. The van der Waals surface area contributed by atoms with E-state index in [0.29, 0.717) is 6.07 Å². The second-order valence-corrected chi connectivity index (χ2v) is 10.4. The van der Waals surface area contributed by atoms with Crippen LogP contribution in [0.15, 0.2) is 34.6 Å². The summed E-state index contributed by atoms with van der Waals surface area (Å²) in [6.07, 6.45) is 1.54. The Bertz CT molecular complexity index is 984. The molecule has 1 saturated heterocycles. The van der Waals surface area contributed by atoms with Gasteiger partial charge in [0.2, 0.25) is 15.9 Å². The molecule has 0 aromatic heterocycles. The highest BCUT2D eigenvalue weighted by atomic mass is 32.2. The van der Waals surface area contributed by atoms with Gasteiger partial charge in [0.1, 0.15) is 0 Å². The van der Waals surface area contributed by atoms with Crippen LogP contribution in [-0.2, 0) is 24.7 Å². The van der Waals surface area contributed by atoms with Crippen molar-refractivity contribution in [2.45, 2.75) is 11.3 Å². The van der Waals surface area contributed by atoms with Crippen LogP contribution in [0.2, 0.25) is 0 Å². The lowest BCUT2D eigenvalue weighted by atomic mass is 10.1. The van der Waals surface area contributed by atoms with Gasteiger partial charge in [-0.25, -0.2) is 25.6 Å². The Morgan fingerprint density at radius 3 is 2.33 bits per heavy atom. The molecule has 2 aliphatic rings. The molecule has 148 valence electrons. The van der Waals surface area contributed by atoms with Crippen molar-refractivity contribution in [1.82, 2.24) is 9.21 Å². The summed E-state index contributed by atoms with van der Waals surface area (Å²) in [7, 11) is -7.22. The second kappa shape index (κ2) is 7.28. The van der Waals surface area contributed by atoms with Gasteiger partial charge in [-0.2, -0.15) is 4.31 Å². The van der Waals surface area contributed by atoms with Crippen molar-refractivity contribution in [3.63, 3.8) is 0 Å². The quantitative estimate of drug-likeness (QED) is 0.717. The summed E-state index contributed by atoms with van der Waals surface area (Å²) in [5.74, 6) is -3.08. The minimum Gasteiger partial charge on any atom is -0.340 e. The van der Waals surface area contributed by atoms with Gasteiger partial charge in [-0.3, -0.25) is 4.79 Å². The third-order valence-corrected chi connectivity index (χ3v) is 7.92. The fourth-order valence-electron chi connectivity index (χ4n) is 3.08. The van der Waals surface area contributed by atoms with E-state index < -0.39 is 31.5 Å². The van der Waals surface area contributed by atoms with Crippen LogP contribution >= 0.6 is 0 Å². The van der Waals surface area contributed by atoms with Crippen LogP contribution in [-0.4, -0.2) is 63.9 Å². The van der Waals surface area contributed by atoms with Crippen LogP contribution in [0.1, 0.15) is 6.42 Å². The fraction of sp³-hybridized carbons (Fsp3) is 0.438. The smallest absolute Gasteiger partial charge is 0.243 e. The molecule has 1 unspecified atom stereocenters. The highest BCUT2D eigenvalue weighted by Gasteiger charge is 2.32. The van der Waals surface area contributed by atoms with Gasteiger partial charge >= 0.3 is 0 Å². The summed E-state index contributed by atoms with van der Waals surface area (Å²) < 4.78 is 75.3. The van der Waals surface area contributed by atoms with Gasteiger partial charge in [0.25, 0.3) is 0 Å². The molecule has 0 saturated carbocycles. The molecular weight excluding hydrogens is 402 g/mol. The Kier molecular flexibility index (Phi) is 5.37. The van der Waals surface area contributed by atoms with Crippen molar-refractivity contribution < 1.29 is 30.4 Å². The van der Waals surface area contributed by atoms with Crippen molar-refractivity contribution in [2.24, 2.45) is 5.92 Å². The summed E-state index contributed by atoms with van der Waals surface area (Å²) in [5, 5.41) is 1.11. The molecule has 2 aliphatic heterocycles. The Hall–Kier alpha value is -1.85. The number of hydrogen-bond donors (Lipinski definition) is 0. The van der Waals surface area contributed by atoms with Gasteiger partial charge in [0.15, 0.2) is 21.5 Å². The van der Waals surface area contributed by atoms with Crippen molar-refractivity contribution in [3.8, 4) is 0 Å². The maximum Gasteiger partial charge on any atom is 0.243 e. The van der Waals surface area contributed by atoms with Crippen molar-refractivity contribution in [1.29, 1.82) is 0 Å². The van der Waals surface area contributed by atoms with Crippen LogP contribution in [0.25, 0.3) is 0 Å². The largest absolute Gasteiger partial charge is 0.340 e. The monoisotopic (exact) mass is 420 g/mol. The van der Waals surface area contributed by atoms with Gasteiger partial charge in [-0.1, -0.05) is 6.08 Å². The number of benzene rings is 1. The molecule has 1 atom stereocenters. The zero-order chi connectivity index (χ0) is 19.8. The predicted octanol–water partition coefficient (Wildman–Crippen LogP) is 0.746. The number of halogens is 2. The molecule has 0 spiro atoms. The topological polar surface area (TPSA) is 91.8 Å². The number of hydrogen-bond acceptors (Lipinski definition) is 5. The summed E-state index contributed by atoms with van der Waals surface area (Å²) in [6, 6.07) is 2.39. The number of sulfone groups is 1. The number of sulfonamides is 1. The number of carbonyl (C=O) groups is 1. The third-order valence-electron chi connectivity index (χ3n) is 4.56. The molecular formula is C16H18F2N2O5S2. The van der Waals surface area contributed by atoms with E-state index in [1.54, 1.807) is 0 Å². The van der Waals surface area contributed by atoms with E-state index in [4.69, 9.17) is 0 Å². The number of nitrogens with zero attached hydrogens (tertiary/aromatic N) is 2. The van der Waals surface area contributed by atoms with E-state index in [-0.39, 0.29) is 55.1 Å². The van der Waals surface area contributed by atoms with Gasteiger partial charge in [-0.15, -0.1) is 0 Å². The molecule has 0 radical (unpaired) electrons. The minimum atomic E-state index is -3.99. The molecule has 1 amide bonds. The predicted molar refractivity (Wildman–Crippen MR) is 92.7 cm³/mol. The number of allylic oxidation sites excluding steroid dienone is 1. The van der Waals surface area contributed by atoms with E-state index >= 15 is 0 Å². The first-order valence-electron chi connectivity index (χ1n) is 8.22. The summed E-state index contributed by atoms with van der Waals surface area (Å²) in [4.78, 5) is 13.4. The lowest BCUT2D eigenvalue weighted by Crippen LogP contribution is -2.50. The Labute approximate surface area is 156 Å². The Balaban J connectivity index is 1.60. The van der Waals surface area contributed by atoms with Gasteiger partial charge in [-0.05, 0) is 18.2 Å². The van der Waals surface area contributed by atoms with E-state index in [9.17, 15) is 30.4 Å². The van der Waals surface area contributed by atoms with Crippen molar-refractivity contribution in [2.75, 3.05) is 31.9 Å². The van der Waals surface area contributed by atoms with Crippen LogP contribution in [0, 0.1) is 17.6 Å². The standard InChI is InChI=1S/C16H18F2N2O5S2/c17-14-2-1-13(10-15(14)18)27(24,25)20-6-4-19(5-7-20)16(21)9-12-3-8-26(22,23)11-12/h1-3,8,10,12H,4-7,9,11H2. The van der Waals surface area contributed by atoms with E-state index in [1.807, 2.05) is 0 Å².